The molecule has 0 aliphatic rings. The number of urea groups is 1. The van der Waals surface area contributed by atoms with Crippen molar-refractivity contribution >= 4 is 17.9 Å². The number of carboxylic acids is 1. The molecule has 0 bridgehead atoms. The number of nitrogens with two attached hydrogens (primary N) is 1. The predicted molar refractivity (Wildman–Crippen MR) is 52.1 cm³/mol. The maximum Gasteiger partial charge on any atom is 0.317 e. The van der Waals surface area contributed by atoms with Crippen LogP contribution in [0.4, 0.5) is 4.79 Å². The lowest BCUT2D eigenvalue weighted by Crippen LogP contribution is -2.47. The van der Waals surface area contributed by atoms with Crippen LogP contribution in [0.25, 0.3) is 0 Å². The molecule has 15 heavy (non-hydrogen) atoms. The lowest BCUT2D eigenvalue weighted by molar-refractivity contribution is -0.137. The Balaban J connectivity index is 3.99. The quantitative estimate of drug-likeness (QED) is 0.546. The number of hydrogen-bond donors (Lipinski definition) is 3. The van der Waals surface area contributed by atoms with E-state index in [1.165, 1.54) is 18.9 Å². The van der Waals surface area contributed by atoms with Gasteiger partial charge in [-0.2, -0.15) is 0 Å². The lowest BCUT2D eigenvalue weighted by atomic mass is 10.3. The van der Waals surface area contributed by atoms with Crippen LogP contribution in [0.1, 0.15) is 13.3 Å². The second-order valence-electron chi connectivity index (χ2n) is 3.14. The Bertz CT molecular complexity index is 267. The van der Waals surface area contributed by atoms with Crippen molar-refractivity contribution < 1.29 is 19.5 Å². The molecule has 1 atom stereocenters. The topological polar surface area (TPSA) is 113 Å². The molecule has 0 aromatic heterocycles. The van der Waals surface area contributed by atoms with Gasteiger partial charge in [-0.15, -0.1) is 0 Å². The minimum absolute atomic E-state index is 0.0760. The zero-order valence-corrected chi connectivity index (χ0v) is 8.69. The van der Waals surface area contributed by atoms with Crippen molar-refractivity contribution in [1.82, 2.24) is 10.2 Å². The summed E-state index contributed by atoms with van der Waals surface area (Å²) in [4.78, 5) is 33.3. The fourth-order valence-corrected chi connectivity index (χ4v) is 0.731. The molecule has 0 aromatic rings. The Morgan fingerprint density at radius 2 is 2.00 bits per heavy atom. The van der Waals surface area contributed by atoms with Crippen molar-refractivity contribution in [1.29, 1.82) is 0 Å². The standard InChI is InChI=1S/C8H15N3O4/c1-5(7(9)14)10-8(15)11(2)4-3-6(12)13/h5H,3-4H2,1-2H3,(H2,9,14)(H,10,15)(H,12,13). The number of primary amides is 1. The predicted octanol–water partition coefficient (Wildman–Crippen LogP) is -1.02. The molecule has 0 rings (SSSR count). The number of aliphatic carboxylic acids is 1. The molecule has 7 nitrogen and oxygen atoms in total. The van der Waals surface area contributed by atoms with E-state index in [0.717, 1.165) is 0 Å². The van der Waals surface area contributed by atoms with Gasteiger partial charge < -0.3 is 21.1 Å². The molecule has 0 heterocycles. The maximum atomic E-state index is 11.3. The SMILES string of the molecule is CC(NC(=O)N(C)CCC(=O)O)C(N)=O. The second-order valence-corrected chi connectivity index (χ2v) is 3.14. The summed E-state index contributed by atoms with van der Waals surface area (Å²) in [7, 11) is 1.44. The maximum absolute atomic E-state index is 11.3. The smallest absolute Gasteiger partial charge is 0.317 e. The molecule has 7 heteroatoms. The normalized spacial score (nSPS) is 11.6. The Morgan fingerprint density at radius 3 is 2.40 bits per heavy atom. The molecular weight excluding hydrogens is 202 g/mol. The lowest BCUT2D eigenvalue weighted by Gasteiger charge is -2.19. The summed E-state index contributed by atoms with van der Waals surface area (Å²) in [6.07, 6.45) is -0.144. The third-order valence-electron chi connectivity index (χ3n) is 1.77. The van der Waals surface area contributed by atoms with E-state index in [-0.39, 0.29) is 13.0 Å². The van der Waals surface area contributed by atoms with Crippen molar-refractivity contribution in [2.75, 3.05) is 13.6 Å². The van der Waals surface area contributed by atoms with Gasteiger partial charge in [-0.1, -0.05) is 0 Å². The largest absolute Gasteiger partial charge is 0.481 e. The van der Waals surface area contributed by atoms with E-state index in [1.807, 2.05) is 0 Å². The first-order valence-corrected chi connectivity index (χ1v) is 4.37. The molecule has 0 saturated carbocycles. The van der Waals surface area contributed by atoms with E-state index in [1.54, 1.807) is 0 Å². The highest BCUT2D eigenvalue weighted by atomic mass is 16.4. The summed E-state index contributed by atoms with van der Waals surface area (Å²) in [6.45, 7) is 1.53. The Morgan fingerprint density at radius 1 is 1.47 bits per heavy atom. The summed E-state index contributed by atoms with van der Waals surface area (Å²) in [5.41, 5.74) is 4.94. The first-order valence-electron chi connectivity index (χ1n) is 4.37. The molecule has 3 amide bonds. The van der Waals surface area contributed by atoms with Gasteiger partial charge in [0, 0.05) is 13.6 Å². The molecule has 86 valence electrons. The Hall–Kier alpha value is -1.79. The minimum atomic E-state index is -0.988. The van der Waals surface area contributed by atoms with Crippen molar-refractivity contribution in [3.63, 3.8) is 0 Å². The fraction of sp³-hybridized carbons (Fsp3) is 0.625. The van der Waals surface area contributed by atoms with Gasteiger partial charge in [0.05, 0.1) is 6.42 Å². The van der Waals surface area contributed by atoms with Crippen LogP contribution in [0.3, 0.4) is 0 Å². The van der Waals surface area contributed by atoms with E-state index in [0.29, 0.717) is 0 Å². The molecule has 0 aliphatic heterocycles. The van der Waals surface area contributed by atoms with Gasteiger partial charge in [0.25, 0.3) is 0 Å². The van der Waals surface area contributed by atoms with Crippen LogP contribution in [-0.4, -0.2) is 47.5 Å². The average Bonchev–Trinajstić information content (AvgIpc) is 2.13. The van der Waals surface area contributed by atoms with E-state index >= 15 is 0 Å². The zero-order chi connectivity index (χ0) is 12.0. The number of rotatable bonds is 5. The summed E-state index contributed by atoms with van der Waals surface area (Å²) in [5, 5.41) is 10.7. The van der Waals surface area contributed by atoms with E-state index in [4.69, 9.17) is 10.8 Å². The van der Waals surface area contributed by atoms with Gasteiger partial charge in [0.15, 0.2) is 0 Å². The minimum Gasteiger partial charge on any atom is -0.481 e. The monoisotopic (exact) mass is 217 g/mol. The number of hydrogen-bond acceptors (Lipinski definition) is 3. The first-order chi connectivity index (χ1) is 6.84. The Labute approximate surface area is 87.2 Å². The molecule has 0 saturated heterocycles. The van der Waals surface area contributed by atoms with Crippen molar-refractivity contribution in [3.8, 4) is 0 Å². The van der Waals surface area contributed by atoms with E-state index in [2.05, 4.69) is 5.32 Å². The average molecular weight is 217 g/mol. The zero-order valence-electron chi connectivity index (χ0n) is 8.69. The summed E-state index contributed by atoms with van der Waals surface area (Å²) in [5.74, 6) is -1.63. The number of nitrogens with one attached hydrogen (secondary N) is 1. The number of carbonyl (C=O) groups is 3. The molecular formula is C8H15N3O4. The van der Waals surface area contributed by atoms with Crippen molar-refractivity contribution in [2.24, 2.45) is 5.73 Å². The molecule has 0 radical (unpaired) electrons. The van der Waals surface area contributed by atoms with Crippen molar-refractivity contribution in [3.05, 3.63) is 0 Å². The summed E-state index contributed by atoms with van der Waals surface area (Å²) >= 11 is 0. The van der Waals surface area contributed by atoms with Crippen LogP contribution in [0.15, 0.2) is 0 Å². The van der Waals surface area contributed by atoms with E-state index < -0.39 is 23.9 Å². The number of nitrogens with zero attached hydrogens (tertiary/aromatic N) is 1. The molecule has 0 aliphatic carbocycles. The Kier molecular flexibility index (Phi) is 5.14. The highest BCUT2D eigenvalue weighted by Gasteiger charge is 2.15. The molecule has 0 aromatic carbocycles. The number of amides is 3. The van der Waals surface area contributed by atoms with Gasteiger partial charge in [-0.05, 0) is 6.92 Å². The third kappa shape index (κ3) is 5.50. The summed E-state index contributed by atoms with van der Waals surface area (Å²) < 4.78 is 0. The molecule has 4 N–H and O–H groups in total. The van der Waals surface area contributed by atoms with Crippen LogP contribution in [-0.2, 0) is 9.59 Å². The van der Waals surface area contributed by atoms with Crippen LogP contribution in [0, 0.1) is 0 Å². The number of carbonyl (C=O) groups excluding carboxylic acids is 2. The first kappa shape index (κ1) is 13.2. The molecule has 0 spiro atoms. The van der Waals surface area contributed by atoms with Gasteiger partial charge in [0.1, 0.15) is 6.04 Å². The van der Waals surface area contributed by atoms with Gasteiger partial charge in [-0.25, -0.2) is 4.79 Å². The van der Waals surface area contributed by atoms with Crippen LogP contribution < -0.4 is 11.1 Å². The van der Waals surface area contributed by atoms with E-state index in [9.17, 15) is 14.4 Å². The third-order valence-corrected chi connectivity index (χ3v) is 1.77. The highest BCUT2D eigenvalue weighted by molar-refractivity contribution is 5.85. The van der Waals surface area contributed by atoms with Crippen molar-refractivity contribution in [2.45, 2.75) is 19.4 Å². The number of carboxylic acid groups (broad SMARTS) is 1. The van der Waals surface area contributed by atoms with Gasteiger partial charge in [-0.3, -0.25) is 9.59 Å². The molecule has 0 fully saturated rings. The van der Waals surface area contributed by atoms with Crippen LogP contribution in [0.5, 0.6) is 0 Å². The van der Waals surface area contributed by atoms with Crippen LogP contribution >= 0.6 is 0 Å². The summed E-state index contributed by atoms with van der Waals surface area (Å²) in [6, 6.07) is -1.30. The fourth-order valence-electron chi connectivity index (χ4n) is 0.731. The highest BCUT2D eigenvalue weighted by Crippen LogP contribution is 1.90. The molecule has 1 unspecified atom stereocenters. The second kappa shape index (κ2) is 5.84. The van der Waals surface area contributed by atoms with Gasteiger partial charge >= 0.3 is 12.0 Å². The van der Waals surface area contributed by atoms with Gasteiger partial charge in [0.2, 0.25) is 5.91 Å². The van der Waals surface area contributed by atoms with Crippen LogP contribution in [0.2, 0.25) is 0 Å².